The Kier molecular flexibility index (Phi) is 5.19. The first-order chi connectivity index (χ1) is 11.6. The molecule has 1 aromatic carbocycles. The number of ether oxygens (including phenoxy) is 1. The van der Waals surface area contributed by atoms with Gasteiger partial charge in [0, 0.05) is 18.8 Å². The Balaban J connectivity index is 1.57. The molecule has 2 aliphatic rings. The molecule has 2 aliphatic heterocycles. The zero-order valence-electron chi connectivity index (χ0n) is 14.5. The molecule has 0 saturated carbocycles. The normalized spacial score (nSPS) is 23.5. The van der Waals surface area contributed by atoms with Crippen LogP contribution in [0, 0.1) is 6.92 Å². The highest BCUT2D eigenvalue weighted by atomic mass is 16.5. The molecule has 2 heterocycles. The van der Waals surface area contributed by atoms with Crippen molar-refractivity contribution in [1.29, 1.82) is 0 Å². The van der Waals surface area contributed by atoms with E-state index in [9.17, 15) is 9.59 Å². The first-order valence-electron chi connectivity index (χ1n) is 8.93. The molecule has 2 fully saturated rings. The van der Waals surface area contributed by atoms with Crippen LogP contribution in [-0.2, 0) is 20.7 Å². The van der Waals surface area contributed by atoms with Gasteiger partial charge in [0.1, 0.15) is 12.2 Å². The van der Waals surface area contributed by atoms with E-state index in [1.807, 2.05) is 23.1 Å². The van der Waals surface area contributed by atoms with Crippen LogP contribution in [0.1, 0.15) is 43.7 Å². The molecular formula is C19H26N2O3. The van der Waals surface area contributed by atoms with E-state index >= 15 is 0 Å². The Labute approximate surface area is 143 Å². The van der Waals surface area contributed by atoms with Gasteiger partial charge in [-0.2, -0.15) is 0 Å². The van der Waals surface area contributed by atoms with Crippen molar-refractivity contribution in [2.45, 2.75) is 58.2 Å². The Morgan fingerprint density at radius 2 is 1.92 bits per heavy atom. The summed E-state index contributed by atoms with van der Waals surface area (Å²) < 4.78 is 5.75. The molecule has 2 amide bonds. The lowest BCUT2D eigenvalue weighted by atomic mass is 10.1. The molecule has 0 bridgehead atoms. The Morgan fingerprint density at radius 1 is 1.21 bits per heavy atom. The van der Waals surface area contributed by atoms with Gasteiger partial charge in [0.05, 0.1) is 0 Å². The van der Waals surface area contributed by atoms with Crippen LogP contribution in [0.4, 0.5) is 5.69 Å². The van der Waals surface area contributed by atoms with Gasteiger partial charge >= 0.3 is 0 Å². The monoisotopic (exact) mass is 330 g/mol. The fourth-order valence-electron chi connectivity index (χ4n) is 3.51. The summed E-state index contributed by atoms with van der Waals surface area (Å²) in [6.45, 7) is 5.80. The molecule has 2 saturated heterocycles. The van der Waals surface area contributed by atoms with Gasteiger partial charge < -0.3 is 15.0 Å². The smallest absolute Gasteiger partial charge is 0.253 e. The van der Waals surface area contributed by atoms with Gasteiger partial charge in [0.25, 0.3) is 11.8 Å². The lowest BCUT2D eigenvalue weighted by molar-refractivity contribution is -0.144. The lowest BCUT2D eigenvalue weighted by Gasteiger charge is -2.20. The SMILES string of the molecule is CCc1cc(NC(=O)[C@@H]2CC[C@H](C(=O)N3CCCC3)O2)ccc1C. The van der Waals surface area contributed by atoms with Crippen molar-refractivity contribution in [1.82, 2.24) is 4.90 Å². The van der Waals surface area contributed by atoms with E-state index in [1.54, 1.807) is 0 Å². The Bertz CT molecular complexity index is 623. The molecule has 0 spiro atoms. The van der Waals surface area contributed by atoms with Crippen molar-refractivity contribution in [3.05, 3.63) is 29.3 Å². The van der Waals surface area contributed by atoms with Crippen LogP contribution in [0.2, 0.25) is 0 Å². The van der Waals surface area contributed by atoms with Crippen molar-refractivity contribution < 1.29 is 14.3 Å². The second-order valence-electron chi connectivity index (χ2n) is 6.71. The van der Waals surface area contributed by atoms with Crippen LogP contribution in [0.15, 0.2) is 18.2 Å². The van der Waals surface area contributed by atoms with Crippen molar-refractivity contribution >= 4 is 17.5 Å². The summed E-state index contributed by atoms with van der Waals surface area (Å²) in [5.74, 6) is -0.107. The second-order valence-corrected chi connectivity index (χ2v) is 6.71. The molecule has 0 radical (unpaired) electrons. The number of carbonyl (C=O) groups is 2. The molecule has 3 rings (SSSR count). The summed E-state index contributed by atoms with van der Waals surface area (Å²) in [6, 6.07) is 5.94. The summed E-state index contributed by atoms with van der Waals surface area (Å²) in [4.78, 5) is 26.7. The maximum atomic E-state index is 12.4. The number of carbonyl (C=O) groups excluding carboxylic acids is 2. The first kappa shape index (κ1) is 17.0. The quantitative estimate of drug-likeness (QED) is 0.923. The number of benzene rings is 1. The number of likely N-dealkylation sites (tertiary alicyclic amines) is 1. The standard InChI is InChI=1S/C19H26N2O3/c1-3-14-12-15(7-6-13(14)2)20-18(22)16-8-9-17(24-16)19(23)21-10-4-5-11-21/h6-7,12,16-17H,3-5,8-11H2,1-2H3,(H,20,22)/t16-,17+/m0/s1. The summed E-state index contributed by atoms with van der Waals surface area (Å²) in [6.07, 6.45) is 3.30. The summed E-state index contributed by atoms with van der Waals surface area (Å²) in [7, 11) is 0. The minimum atomic E-state index is -0.534. The third-order valence-corrected chi connectivity index (χ3v) is 5.00. The van der Waals surface area contributed by atoms with Crippen LogP contribution in [0.3, 0.4) is 0 Å². The second kappa shape index (κ2) is 7.34. The van der Waals surface area contributed by atoms with Crippen molar-refractivity contribution in [2.75, 3.05) is 18.4 Å². The number of rotatable bonds is 4. The highest BCUT2D eigenvalue weighted by Crippen LogP contribution is 2.25. The fourth-order valence-corrected chi connectivity index (χ4v) is 3.51. The number of nitrogens with zero attached hydrogens (tertiary/aromatic N) is 1. The first-order valence-corrected chi connectivity index (χ1v) is 8.93. The predicted molar refractivity (Wildman–Crippen MR) is 92.9 cm³/mol. The van der Waals surface area contributed by atoms with Gasteiger partial charge in [0.15, 0.2) is 0 Å². The molecule has 1 aromatic rings. The maximum Gasteiger partial charge on any atom is 0.253 e. The Hall–Kier alpha value is -1.88. The molecule has 5 heteroatoms. The average Bonchev–Trinajstić information content (AvgIpc) is 3.27. The number of anilines is 1. The predicted octanol–water partition coefficient (Wildman–Crippen LogP) is 2.67. The third kappa shape index (κ3) is 3.61. The molecule has 0 aromatic heterocycles. The molecule has 130 valence electrons. The van der Waals surface area contributed by atoms with Crippen LogP contribution in [-0.4, -0.2) is 42.0 Å². The Morgan fingerprint density at radius 3 is 2.62 bits per heavy atom. The van der Waals surface area contributed by atoms with E-state index in [0.717, 1.165) is 38.0 Å². The topological polar surface area (TPSA) is 58.6 Å². The van der Waals surface area contributed by atoms with E-state index in [2.05, 4.69) is 19.2 Å². The number of aryl methyl sites for hydroxylation is 2. The van der Waals surface area contributed by atoms with Crippen molar-refractivity contribution in [3.8, 4) is 0 Å². The zero-order chi connectivity index (χ0) is 17.1. The number of amides is 2. The average molecular weight is 330 g/mol. The van der Waals surface area contributed by atoms with E-state index < -0.39 is 12.2 Å². The highest BCUT2D eigenvalue weighted by Gasteiger charge is 2.37. The highest BCUT2D eigenvalue weighted by molar-refractivity contribution is 5.95. The summed E-state index contributed by atoms with van der Waals surface area (Å²) >= 11 is 0. The molecule has 1 N–H and O–H groups in total. The molecular weight excluding hydrogens is 304 g/mol. The number of hydrogen-bond donors (Lipinski definition) is 1. The van der Waals surface area contributed by atoms with Gasteiger partial charge in [-0.3, -0.25) is 9.59 Å². The number of nitrogens with one attached hydrogen (secondary N) is 1. The molecule has 2 atom stereocenters. The van der Waals surface area contributed by atoms with Gasteiger partial charge in [-0.15, -0.1) is 0 Å². The van der Waals surface area contributed by atoms with E-state index in [-0.39, 0.29) is 11.8 Å². The van der Waals surface area contributed by atoms with E-state index in [1.165, 1.54) is 11.1 Å². The van der Waals surface area contributed by atoms with Crippen molar-refractivity contribution in [2.24, 2.45) is 0 Å². The minimum Gasteiger partial charge on any atom is -0.355 e. The summed E-state index contributed by atoms with van der Waals surface area (Å²) in [5.41, 5.74) is 3.24. The molecule has 0 aliphatic carbocycles. The van der Waals surface area contributed by atoms with Crippen LogP contribution in [0.5, 0.6) is 0 Å². The fraction of sp³-hybridized carbons (Fsp3) is 0.579. The van der Waals surface area contributed by atoms with Crippen LogP contribution >= 0.6 is 0 Å². The van der Waals surface area contributed by atoms with Gasteiger partial charge in [-0.05, 0) is 62.3 Å². The lowest BCUT2D eigenvalue weighted by Crippen LogP contribution is -2.38. The van der Waals surface area contributed by atoms with Crippen molar-refractivity contribution in [3.63, 3.8) is 0 Å². The number of hydrogen-bond acceptors (Lipinski definition) is 3. The van der Waals surface area contributed by atoms with Gasteiger partial charge in [-0.25, -0.2) is 0 Å². The zero-order valence-corrected chi connectivity index (χ0v) is 14.5. The maximum absolute atomic E-state index is 12.4. The minimum absolute atomic E-state index is 0.0476. The van der Waals surface area contributed by atoms with Crippen LogP contribution < -0.4 is 5.32 Å². The van der Waals surface area contributed by atoms with E-state index in [0.29, 0.717) is 12.8 Å². The van der Waals surface area contributed by atoms with Gasteiger partial charge in [0.2, 0.25) is 0 Å². The molecule has 0 unspecified atom stereocenters. The van der Waals surface area contributed by atoms with E-state index in [4.69, 9.17) is 4.74 Å². The van der Waals surface area contributed by atoms with Crippen LogP contribution in [0.25, 0.3) is 0 Å². The summed E-state index contributed by atoms with van der Waals surface area (Å²) in [5, 5.41) is 2.93. The molecule has 24 heavy (non-hydrogen) atoms. The third-order valence-electron chi connectivity index (χ3n) is 5.00. The van der Waals surface area contributed by atoms with Gasteiger partial charge in [-0.1, -0.05) is 13.0 Å². The molecule has 5 nitrogen and oxygen atoms in total. The largest absolute Gasteiger partial charge is 0.355 e.